The Kier molecular flexibility index (Phi) is 7.97. The molecule has 31 heavy (non-hydrogen) atoms. The summed E-state index contributed by atoms with van der Waals surface area (Å²) in [6.45, 7) is 12.3. The van der Waals surface area contributed by atoms with Crippen molar-refractivity contribution in [2.24, 2.45) is 5.92 Å². The molecule has 0 aromatic carbocycles. The summed E-state index contributed by atoms with van der Waals surface area (Å²) >= 11 is 0. The predicted octanol–water partition coefficient (Wildman–Crippen LogP) is 3.02. The van der Waals surface area contributed by atoms with Crippen LogP contribution in [0.2, 0.25) is 0 Å². The number of likely N-dealkylation sites (tertiary alicyclic amines) is 1. The maximum atomic E-state index is 13.0. The van der Waals surface area contributed by atoms with Crippen molar-refractivity contribution in [2.75, 3.05) is 26.2 Å². The summed E-state index contributed by atoms with van der Waals surface area (Å²) < 4.78 is 8.12. The van der Waals surface area contributed by atoms with E-state index in [9.17, 15) is 9.59 Å². The molecule has 0 bridgehead atoms. The van der Waals surface area contributed by atoms with Gasteiger partial charge < -0.3 is 19.9 Å². The molecule has 3 heterocycles. The van der Waals surface area contributed by atoms with E-state index in [0.717, 1.165) is 37.8 Å². The molecule has 2 aliphatic rings. The highest BCUT2D eigenvalue weighted by molar-refractivity contribution is 5.76. The van der Waals surface area contributed by atoms with Gasteiger partial charge in [-0.2, -0.15) is 5.10 Å². The first-order valence-electron chi connectivity index (χ1n) is 11.8. The fourth-order valence-electron chi connectivity index (χ4n) is 4.74. The van der Waals surface area contributed by atoms with Crippen molar-refractivity contribution in [3.05, 3.63) is 18.0 Å². The number of amides is 3. The monoisotopic (exact) mass is 433 g/mol. The number of aromatic nitrogens is 2. The number of nitrogens with zero attached hydrogens (tertiary/aromatic N) is 4. The molecule has 3 amide bonds. The van der Waals surface area contributed by atoms with Crippen LogP contribution in [-0.4, -0.2) is 69.4 Å². The third-order valence-electron chi connectivity index (χ3n) is 6.55. The van der Waals surface area contributed by atoms with Gasteiger partial charge in [0.05, 0.1) is 11.8 Å². The molecule has 1 spiro atoms. The highest BCUT2D eigenvalue weighted by Gasteiger charge is 2.41. The first kappa shape index (κ1) is 23.6. The molecule has 0 saturated carbocycles. The largest absolute Gasteiger partial charge is 0.375 e. The first-order chi connectivity index (χ1) is 14.8. The van der Waals surface area contributed by atoms with Gasteiger partial charge in [-0.15, -0.1) is 0 Å². The highest BCUT2D eigenvalue weighted by atomic mass is 16.5. The smallest absolute Gasteiger partial charge is 0.317 e. The second kappa shape index (κ2) is 10.5. The summed E-state index contributed by atoms with van der Waals surface area (Å²) in [4.78, 5) is 29.1. The van der Waals surface area contributed by atoms with Crippen LogP contribution >= 0.6 is 0 Å². The lowest BCUT2D eigenvalue weighted by Gasteiger charge is -2.46. The number of carbonyl (C=O) groups excluding carboxylic acids is 2. The number of carbonyl (C=O) groups is 2. The number of hydrogen-bond donors (Lipinski definition) is 1. The number of ether oxygens (including phenoxy) is 1. The van der Waals surface area contributed by atoms with Crippen molar-refractivity contribution in [3.8, 4) is 0 Å². The van der Waals surface area contributed by atoms with E-state index in [4.69, 9.17) is 4.74 Å². The van der Waals surface area contributed by atoms with Gasteiger partial charge in [-0.25, -0.2) is 4.79 Å². The number of urea groups is 1. The lowest BCUT2D eigenvalue weighted by Crippen LogP contribution is -2.53. The Morgan fingerprint density at radius 2 is 2.06 bits per heavy atom. The molecule has 0 radical (unpaired) electrons. The van der Waals surface area contributed by atoms with E-state index in [-0.39, 0.29) is 23.6 Å². The molecule has 8 heteroatoms. The van der Waals surface area contributed by atoms with Gasteiger partial charge in [0.1, 0.15) is 0 Å². The predicted molar refractivity (Wildman–Crippen MR) is 119 cm³/mol. The van der Waals surface area contributed by atoms with Crippen LogP contribution in [0.5, 0.6) is 0 Å². The number of piperidine rings is 1. The summed E-state index contributed by atoms with van der Waals surface area (Å²) in [5.74, 6) is 0.548. The van der Waals surface area contributed by atoms with Crippen LogP contribution in [0.3, 0.4) is 0 Å². The zero-order valence-corrected chi connectivity index (χ0v) is 19.6. The Morgan fingerprint density at radius 1 is 1.32 bits per heavy atom. The number of rotatable bonds is 7. The van der Waals surface area contributed by atoms with Gasteiger partial charge in [0.15, 0.2) is 0 Å². The maximum Gasteiger partial charge on any atom is 0.317 e. The SMILES string of the molecule is CCN(Cc1cnn(CC)c1)C(=O)CC1CCOC2(CCN(C(=O)NC(C)C)CC2)C1. The van der Waals surface area contributed by atoms with E-state index >= 15 is 0 Å². The van der Waals surface area contributed by atoms with Gasteiger partial charge in [0.25, 0.3) is 0 Å². The van der Waals surface area contributed by atoms with Crippen molar-refractivity contribution in [2.45, 2.75) is 84.5 Å². The van der Waals surface area contributed by atoms with Gasteiger partial charge in [-0.05, 0) is 59.3 Å². The van der Waals surface area contributed by atoms with Gasteiger partial charge in [0.2, 0.25) is 5.91 Å². The molecule has 1 N–H and O–H groups in total. The molecule has 174 valence electrons. The summed E-state index contributed by atoms with van der Waals surface area (Å²) in [7, 11) is 0. The molecular weight excluding hydrogens is 394 g/mol. The van der Waals surface area contributed by atoms with E-state index in [1.165, 1.54) is 0 Å². The van der Waals surface area contributed by atoms with E-state index < -0.39 is 0 Å². The van der Waals surface area contributed by atoms with Crippen molar-refractivity contribution >= 4 is 11.9 Å². The second-order valence-corrected chi connectivity index (χ2v) is 9.30. The zero-order valence-electron chi connectivity index (χ0n) is 19.6. The number of nitrogens with one attached hydrogen (secondary N) is 1. The third kappa shape index (κ3) is 6.21. The Morgan fingerprint density at radius 3 is 2.68 bits per heavy atom. The maximum absolute atomic E-state index is 13.0. The van der Waals surface area contributed by atoms with Crippen LogP contribution in [0.25, 0.3) is 0 Å². The second-order valence-electron chi connectivity index (χ2n) is 9.30. The van der Waals surface area contributed by atoms with Crippen LogP contribution in [0, 0.1) is 5.92 Å². The molecule has 2 fully saturated rings. The molecule has 1 aromatic rings. The van der Waals surface area contributed by atoms with Crippen LogP contribution in [-0.2, 0) is 22.6 Å². The molecule has 1 atom stereocenters. The van der Waals surface area contributed by atoms with E-state index in [1.54, 1.807) is 0 Å². The first-order valence-corrected chi connectivity index (χ1v) is 11.8. The van der Waals surface area contributed by atoms with Crippen molar-refractivity contribution in [1.82, 2.24) is 24.9 Å². The Balaban J connectivity index is 1.52. The quantitative estimate of drug-likeness (QED) is 0.717. The van der Waals surface area contributed by atoms with Crippen LogP contribution in [0.1, 0.15) is 65.4 Å². The van der Waals surface area contributed by atoms with E-state index in [1.807, 2.05) is 47.6 Å². The van der Waals surface area contributed by atoms with Gasteiger partial charge in [0, 0.05) is 63.6 Å². The van der Waals surface area contributed by atoms with Crippen molar-refractivity contribution < 1.29 is 14.3 Å². The summed E-state index contributed by atoms with van der Waals surface area (Å²) in [5.41, 5.74) is 0.893. The molecule has 0 aliphatic carbocycles. The van der Waals surface area contributed by atoms with Crippen LogP contribution in [0.15, 0.2) is 12.4 Å². The fourth-order valence-corrected chi connectivity index (χ4v) is 4.74. The lowest BCUT2D eigenvalue weighted by molar-refractivity contribution is -0.141. The standard InChI is InChI=1S/C23H39N5O3/c1-5-26(16-20-15-24-28(6-2)17-20)21(29)13-19-7-12-31-23(14-19)8-10-27(11-9-23)22(30)25-18(3)4/h15,17-19H,5-14,16H2,1-4H3,(H,25,30). The van der Waals surface area contributed by atoms with Crippen molar-refractivity contribution in [1.29, 1.82) is 0 Å². The summed E-state index contributed by atoms with van der Waals surface area (Å²) in [5, 5.41) is 7.29. The van der Waals surface area contributed by atoms with Crippen LogP contribution < -0.4 is 5.32 Å². The normalized spacial score (nSPS) is 20.8. The minimum atomic E-state index is -0.183. The molecule has 3 rings (SSSR count). The zero-order chi connectivity index (χ0) is 22.4. The number of aryl methyl sites for hydroxylation is 1. The third-order valence-corrected chi connectivity index (χ3v) is 6.55. The van der Waals surface area contributed by atoms with Crippen LogP contribution in [0.4, 0.5) is 4.79 Å². The average Bonchev–Trinajstić information content (AvgIpc) is 3.20. The topological polar surface area (TPSA) is 79.7 Å². The number of hydrogen-bond acceptors (Lipinski definition) is 4. The molecule has 2 saturated heterocycles. The Hall–Kier alpha value is -2.09. The summed E-state index contributed by atoms with van der Waals surface area (Å²) in [6, 6.07) is 0.153. The summed E-state index contributed by atoms with van der Waals surface area (Å²) in [6.07, 6.45) is 7.96. The molecular formula is C23H39N5O3. The molecule has 2 aliphatic heterocycles. The highest BCUT2D eigenvalue weighted by Crippen LogP contribution is 2.39. The van der Waals surface area contributed by atoms with Gasteiger partial charge >= 0.3 is 6.03 Å². The van der Waals surface area contributed by atoms with Crippen molar-refractivity contribution in [3.63, 3.8) is 0 Å². The minimum Gasteiger partial charge on any atom is -0.375 e. The van der Waals surface area contributed by atoms with E-state index in [2.05, 4.69) is 17.3 Å². The van der Waals surface area contributed by atoms with Gasteiger partial charge in [-0.1, -0.05) is 0 Å². The molecule has 1 unspecified atom stereocenters. The Labute approximate surface area is 186 Å². The fraction of sp³-hybridized carbons (Fsp3) is 0.783. The molecule has 1 aromatic heterocycles. The van der Waals surface area contributed by atoms with E-state index in [0.29, 0.717) is 45.1 Å². The lowest BCUT2D eigenvalue weighted by atomic mass is 9.78. The van der Waals surface area contributed by atoms with Gasteiger partial charge in [-0.3, -0.25) is 9.48 Å². The average molecular weight is 434 g/mol. The Bertz CT molecular complexity index is 739. The molecule has 8 nitrogen and oxygen atoms in total. The minimum absolute atomic E-state index is 0.0115.